The Bertz CT molecular complexity index is 6660. The molecule has 0 fully saturated rings. The topological polar surface area (TPSA) is 212 Å². The number of esters is 6. The average Bonchev–Trinajstić information content (AvgIpc) is 1.55. The monoisotopic (exact) mass is 1920 g/mol. The summed E-state index contributed by atoms with van der Waals surface area (Å²) in [6.45, 7) is 17.4. The van der Waals surface area contributed by atoms with Gasteiger partial charge in [0, 0.05) is 22.3 Å². The molecule has 666 valence electrons. The van der Waals surface area contributed by atoms with Crippen LogP contribution in [0.25, 0.3) is 176 Å². The molecular formula is C114H108N4O12Pt. The van der Waals surface area contributed by atoms with Gasteiger partial charge < -0.3 is 38.4 Å². The Balaban J connectivity index is 0.0000125. The van der Waals surface area contributed by atoms with Crippen molar-refractivity contribution in [1.82, 2.24) is 19.9 Å². The molecule has 12 aromatic carbocycles. The number of rotatable bonds is 34. The quantitative estimate of drug-likeness (QED) is 0.0208. The van der Waals surface area contributed by atoms with Gasteiger partial charge in [-0.3, -0.25) is 0 Å². The maximum Gasteiger partial charge on any atom is 2.00 e. The smallest absolute Gasteiger partial charge is 0.656 e. The minimum Gasteiger partial charge on any atom is -0.656 e. The number of benzene rings is 12. The summed E-state index contributed by atoms with van der Waals surface area (Å²) in [5.41, 5.74) is 12.7. The second-order valence-corrected chi connectivity index (χ2v) is 34.3. The average molecular weight is 1920 g/mol. The van der Waals surface area contributed by atoms with Crippen molar-refractivity contribution >= 4 is 123 Å². The largest absolute Gasteiger partial charge is 2.00 e. The first-order valence-electron chi connectivity index (χ1n) is 46.7. The number of carbonyl (C=O) groups excluding carboxylic acids is 6. The molecule has 0 spiro atoms. The van der Waals surface area contributed by atoms with Crippen LogP contribution in [0.15, 0.2) is 218 Å². The van der Waals surface area contributed by atoms with Crippen LogP contribution >= 0.6 is 0 Å². The Morgan fingerprint density at radius 1 is 0.244 bits per heavy atom. The fourth-order valence-electron chi connectivity index (χ4n) is 17.9. The molecule has 0 amide bonds. The summed E-state index contributed by atoms with van der Waals surface area (Å²) in [6.07, 6.45) is 12.8. The van der Waals surface area contributed by atoms with E-state index in [2.05, 4.69) is 137 Å². The number of aromatic nitrogens is 4. The van der Waals surface area contributed by atoms with Crippen molar-refractivity contribution in [2.24, 2.45) is 0 Å². The van der Waals surface area contributed by atoms with Crippen LogP contribution in [-0.4, -0.2) is 85.4 Å². The van der Waals surface area contributed by atoms with Gasteiger partial charge in [-0.1, -0.05) is 216 Å². The van der Waals surface area contributed by atoms with Gasteiger partial charge in [0.2, 0.25) is 0 Å². The SMILES string of the molecule is CCCCOC(=O)c1cc(CCCC)cc(-c2c3nc(c(-c4cc(C(=O)OCCCC)cc(C(=O)OCCCC)c4)c4[n-]c(c(-c5cc(C(=O)OCCCC)cc(C(=O)OCCCC)c5)c5nc(c(-c6cc(CCCC)cc(C(=O)OCCCC)c6)c6[n-]c2c2cc7ccccc7cc62)-c2cc6ccccc6cc2-5)c2cc5ccccc5cc42)-c2cc4ccccc4cc2-3)c1.[Pt+2]. The molecule has 16 nitrogen and oxygen atoms in total. The van der Waals surface area contributed by atoms with Gasteiger partial charge in [0.25, 0.3) is 0 Å². The molecular weight excluding hydrogens is 1810 g/mol. The fourth-order valence-corrected chi connectivity index (χ4v) is 17.9. The molecule has 0 radical (unpaired) electrons. The van der Waals surface area contributed by atoms with Gasteiger partial charge in [-0.2, -0.15) is 0 Å². The van der Waals surface area contributed by atoms with E-state index in [1.165, 1.54) is 0 Å². The van der Waals surface area contributed by atoms with E-state index in [0.29, 0.717) is 185 Å². The molecule has 17 rings (SSSR count). The molecule has 2 aliphatic heterocycles. The molecule has 4 heterocycles. The first-order chi connectivity index (χ1) is 63.6. The number of carbonyl (C=O) groups is 6. The zero-order valence-corrected chi connectivity index (χ0v) is 78.0. The summed E-state index contributed by atoms with van der Waals surface area (Å²) >= 11 is 0. The second kappa shape index (κ2) is 41.3. The molecule has 131 heavy (non-hydrogen) atoms. The normalized spacial score (nSPS) is 11.6. The van der Waals surface area contributed by atoms with Crippen molar-refractivity contribution in [3.63, 3.8) is 0 Å². The van der Waals surface area contributed by atoms with Crippen LogP contribution in [0.3, 0.4) is 0 Å². The van der Waals surface area contributed by atoms with Crippen molar-refractivity contribution < 1.29 is 78.3 Å². The number of fused-ring (bicyclic) bond motifs is 4. The van der Waals surface area contributed by atoms with E-state index in [9.17, 15) is 0 Å². The molecule has 0 atom stereocenters. The molecule has 17 heteroatoms. The molecule has 3 aliphatic rings. The molecule has 8 bridgehead atoms. The van der Waals surface area contributed by atoms with Crippen LogP contribution in [0.2, 0.25) is 0 Å². The number of hydrogen-bond acceptors (Lipinski definition) is 14. The number of nitrogens with zero attached hydrogens (tertiary/aromatic N) is 4. The van der Waals surface area contributed by atoms with E-state index in [-0.39, 0.29) is 83.0 Å². The van der Waals surface area contributed by atoms with Gasteiger partial charge in [0.05, 0.1) is 95.8 Å². The third-order valence-electron chi connectivity index (χ3n) is 24.8. The number of hydrogen-bond donors (Lipinski definition) is 0. The third kappa shape index (κ3) is 19.0. The molecule has 1 aliphatic carbocycles. The number of ether oxygens (including phenoxy) is 6. The van der Waals surface area contributed by atoms with Crippen molar-refractivity contribution in [3.8, 4) is 89.5 Å². The van der Waals surface area contributed by atoms with Gasteiger partial charge in [-0.15, -0.1) is 22.1 Å². The van der Waals surface area contributed by atoms with Crippen LogP contribution in [0.1, 0.15) is 231 Å². The zero-order chi connectivity index (χ0) is 90.1. The second-order valence-electron chi connectivity index (χ2n) is 34.3. The third-order valence-corrected chi connectivity index (χ3v) is 24.8. The van der Waals surface area contributed by atoms with Gasteiger partial charge in [0.15, 0.2) is 0 Å². The van der Waals surface area contributed by atoms with Gasteiger partial charge in [-0.25, -0.2) is 38.7 Å². The maximum absolute atomic E-state index is 15.3. The Kier molecular flexibility index (Phi) is 28.7. The van der Waals surface area contributed by atoms with Crippen LogP contribution in [-0.2, 0) is 62.3 Å². The van der Waals surface area contributed by atoms with E-state index in [4.69, 9.17) is 48.4 Å². The van der Waals surface area contributed by atoms with Crippen LogP contribution < -0.4 is 9.97 Å². The van der Waals surface area contributed by atoms with Gasteiger partial charge in [0.1, 0.15) is 0 Å². The van der Waals surface area contributed by atoms with Crippen LogP contribution in [0.5, 0.6) is 0 Å². The minimum absolute atomic E-state index is 0. The number of aryl methyl sites for hydroxylation is 2. The summed E-state index contributed by atoms with van der Waals surface area (Å²) in [5.74, 6) is -3.62. The van der Waals surface area contributed by atoms with Gasteiger partial charge in [-0.05, 0) is 294 Å². The van der Waals surface area contributed by atoms with E-state index in [1.54, 1.807) is 36.4 Å². The Morgan fingerprint density at radius 3 is 0.656 bits per heavy atom. The van der Waals surface area contributed by atoms with Crippen molar-refractivity contribution in [3.05, 3.63) is 263 Å². The molecule has 0 saturated heterocycles. The van der Waals surface area contributed by atoms with Gasteiger partial charge >= 0.3 is 56.9 Å². The summed E-state index contributed by atoms with van der Waals surface area (Å²) in [4.78, 5) is 117. The Hall–Kier alpha value is -13.2. The van der Waals surface area contributed by atoms with Crippen molar-refractivity contribution in [1.29, 1.82) is 0 Å². The maximum atomic E-state index is 15.3. The zero-order valence-electron chi connectivity index (χ0n) is 75.8. The first kappa shape index (κ1) is 91.2. The predicted molar refractivity (Wildman–Crippen MR) is 523 cm³/mol. The van der Waals surface area contributed by atoms with Crippen molar-refractivity contribution in [2.75, 3.05) is 39.6 Å². The Labute approximate surface area is 778 Å². The van der Waals surface area contributed by atoms with Crippen molar-refractivity contribution in [2.45, 2.75) is 171 Å². The summed E-state index contributed by atoms with van der Waals surface area (Å²) in [7, 11) is 0. The standard InChI is InChI=1S/C114H108N4O12.Pt/c1-9-17-33-69-49-79(53-83(51-69)109(119)125-43-19-11-3)97-101-89-61-71-35-25-26-36-72(71)62-90(89)102(115-101)98(80-50-70(34-18-10-2)52-84(54-80)110(120)126-44-20-12-4)104-92-64-74-38-28-30-40-76(74)66-94(92)106(117-104)100(82-57-87(113(123)129-47-23-15-7)60-88(58-82)114(124)130-48-24-16-8)108-96-68-78-42-32-31-41-77(78)67-95(96)107(118-108)99(105-93-65-75-39-29-27-37-73(75)63-91(93)103(97)116-105)81-55-85(111(121)127-45-21-13-5)59-86(56-81)112(122)128-46-22-14-6;/h25-32,35-42,49-68H,9-24,33-34,43-48H2,1-8H3;/q-2;+2. The molecule has 0 saturated carbocycles. The molecule has 0 N–H and O–H groups in total. The Morgan fingerprint density at radius 2 is 0.443 bits per heavy atom. The fraction of sp³-hybridized carbons (Fsp3) is 0.281. The molecule has 0 unspecified atom stereocenters. The predicted octanol–water partition coefficient (Wildman–Crippen LogP) is 28.3. The first-order valence-corrected chi connectivity index (χ1v) is 46.7. The van der Waals surface area contributed by atoms with E-state index < -0.39 is 35.8 Å². The number of unbranched alkanes of at least 4 members (excludes halogenated alkanes) is 8. The van der Waals surface area contributed by atoms with E-state index in [0.717, 1.165) is 129 Å². The molecule has 14 aromatic rings. The molecule has 2 aromatic heterocycles. The van der Waals surface area contributed by atoms with Crippen LogP contribution in [0, 0.1) is 0 Å². The summed E-state index contributed by atoms with van der Waals surface area (Å²) < 4.78 is 37.3. The summed E-state index contributed by atoms with van der Waals surface area (Å²) in [5, 5.41) is 9.65. The van der Waals surface area contributed by atoms with E-state index in [1.807, 2.05) is 100 Å². The minimum atomic E-state index is -0.664. The van der Waals surface area contributed by atoms with Crippen LogP contribution in [0.4, 0.5) is 0 Å². The summed E-state index contributed by atoms with van der Waals surface area (Å²) in [6, 6.07) is 72.2. The van der Waals surface area contributed by atoms with E-state index >= 15 is 28.8 Å².